The molecule has 2 nitrogen and oxygen atoms in total. The molecule has 20 heavy (non-hydrogen) atoms. The standard InChI is InChI=1S/C17H16N2S/c1-12(13-8-4-2-5-9-13)16-15(19-17(18)20-16)14-10-6-3-7-11-14/h2-12H,1H3,(H2,18,19)/t12-/m0/s1. The van der Waals surface area contributed by atoms with Crippen molar-refractivity contribution in [1.82, 2.24) is 4.98 Å². The molecule has 1 atom stereocenters. The summed E-state index contributed by atoms with van der Waals surface area (Å²) in [5.41, 5.74) is 9.35. The highest BCUT2D eigenvalue weighted by Gasteiger charge is 2.18. The van der Waals surface area contributed by atoms with E-state index in [2.05, 4.69) is 48.3 Å². The molecule has 0 spiro atoms. The first-order valence-electron chi connectivity index (χ1n) is 6.62. The molecule has 1 aromatic heterocycles. The van der Waals surface area contributed by atoms with E-state index in [1.807, 2.05) is 24.3 Å². The lowest BCUT2D eigenvalue weighted by Gasteiger charge is -2.11. The lowest BCUT2D eigenvalue weighted by Crippen LogP contribution is -1.95. The van der Waals surface area contributed by atoms with Crippen molar-refractivity contribution < 1.29 is 0 Å². The minimum atomic E-state index is 0.293. The second kappa shape index (κ2) is 5.47. The molecule has 0 bridgehead atoms. The average Bonchev–Trinajstić information content (AvgIpc) is 2.90. The molecule has 2 N–H and O–H groups in total. The molecule has 3 heteroatoms. The maximum absolute atomic E-state index is 5.94. The largest absolute Gasteiger partial charge is 0.375 e. The van der Waals surface area contributed by atoms with Crippen molar-refractivity contribution in [2.45, 2.75) is 12.8 Å². The van der Waals surface area contributed by atoms with Crippen LogP contribution in [-0.4, -0.2) is 4.98 Å². The summed E-state index contributed by atoms with van der Waals surface area (Å²) in [6.07, 6.45) is 0. The highest BCUT2D eigenvalue weighted by molar-refractivity contribution is 7.16. The molecule has 3 aromatic rings. The molecule has 0 aliphatic heterocycles. The van der Waals surface area contributed by atoms with E-state index in [1.165, 1.54) is 10.4 Å². The molecule has 100 valence electrons. The summed E-state index contributed by atoms with van der Waals surface area (Å²) in [5, 5.41) is 0.627. The van der Waals surface area contributed by atoms with Gasteiger partial charge in [0, 0.05) is 16.4 Å². The van der Waals surface area contributed by atoms with Crippen molar-refractivity contribution in [3.05, 3.63) is 71.1 Å². The van der Waals surface area contributed by atoms with Crippen LogP contribution in [0.2, 0.25) is 0 Å². The van der Waals surface area contributed by atoms with Gasteiger partial charge in [-0.2, -0.15) is 0 Å². The van der Waals surface area contributed by atoms with E-state index in [4.69, 9.17) is 5.73 Å². The number of nitrogen functional groups attached to an aromatic ring is 1. The quantitative estimate of drug-likeness (QED) is 0.764. The zero-order chi connectivity index (χ0) is 13.9. The molecule has 0 saturated carbocycles. The molecule has 3 rings (SSSR count). The van der Waals surface area contributed by atoms with Crippen molar-refractivity contribution >= 4 is 16.5 Å². The van der Waals surface area contributed by atoms with Gasteiger partial charge in [-0.3, -0.25) is 0 Å². The lowest BCUT2D eigenvalue weighted by atomic mass is 9.96. The summed E-state index contributed by atoms with van der Waals surface area (Å²) in [7, 11) is 0. The minimum absolute atomic E-state index is 0.293. The first-order valence-corrected chi connectivity index (χ1v) is 7.44. The fourth-order valence-electron chi connectivity index (χ4n) is 2.34. The molecule has 0 fully saturated rings. The van der Waals surface area contributed by atoms with Gasteiger partial charge in [0.05, 0.1) is 5.69 Å². The summed E-state index contributed by atoms with van der Waals surface area (Å²) >= 11 is 1.58. The zero-order valence-corrected chi connectivity index (χ0v) is 12.1. The number of thiazole rings is 1. The number of rotatable bonds is 3. The Bertz CT molecular complexity index is 690. The van der Waals surface area contributed by atoms with Crippen molar-refractivity contribution in [2.24, 2.45) is 0 Å². The Labute approximate surface area is 122 Å². The molecule has 0 unspecified atom stereocenters. The molecular formula is C17H16N2S. The van der Waals surface area contributed by atoms with Crippen LogP contribution in [0.5, 0.6) is 0 Å². The second-order valence-corrected chi connectivity index (χ2v) is 5.83. The first kappa shape index (κ1) is 12.9. The Hall–Kier alpha value is -2.13. The van der Waals surface area contributed by atoms with E-state index >= 15 is 0 Å². The van der Waals surface area contributed by atoms with Crippen LogP contribution in [0.1, 0.15) is 23.3 Å². The van der Waals surface area contributed by atoms with Gasteiger partial charge in [0.25, 0.3) is 0 Å². The summed E-state index contributed by atoms with van der Waals surface area (Å²) in [5.74, 6) is 0.293. The van der Waals surface area contributed by atoms with Crippen molar-refractivity contribution in [2.75, 3.05) is 5.73 Å². The number of benzene rings is 2. The first-order chi connectivity index (χ1) is 9.75. The second-order valence-electron chi connectivity index (χ2n) is 4.76. The highest BCUT2D eigenvalue weighted by atomic mass is 32.1. The number of nitrogens with two attached hydrogens (primary N) is 1. The van der Waals surface area contributed by atoms with E-state index in [9.17, 15) is 0 Å². The van der Waals surface area contributed by atoms with Gasteiger partial charge in [0.15, 0.2) is 5.13 Å². The Morgan fingerprint density at radius 3 is 2.20 bits per heavy atom. The molecule has 0 aliphatic carbocycles. The van der Waals surface area contributed by atoms with Gasteiger partial charge in [-0.15, -0.1) is 11.3 Å². The summed E-state index contributed by atoms with van der Waals surface area (Å²) in [6, 6.07) is 20.7. The molecule has 0 aliphatic rings. The van der Waals surface area contributed by atoms with Gasteiger partial charge in [0.1, 0.15) is 0 Å². The van der Waals surface area contributed by atoms with E-state index in [0.717, 1.165) is 11.3 Å². The number of aromatic nitrogens is 1. The fourth-order valence-corrected chi connectivity index (χ4v) is 3.27. The van der Waals surface area contributed by atoms with Crippen molar-refractivity contribution in [3.63, 3.8) is 0 Å². The van der Waals surface area contributed by atoms with Crippen LogP contribution in [-0.2, 0) is 0 Å². The molecular weight excluding hydrogens is 264 g/mol. The Morgan fingerprint density at radius 1 is 0.950 bits per heavy atom. The zero-order valence-electron chi connectivity index (χ0n) is 11.3. The normalized spacial score (nSPS) is 12.2. The number of anilines is 1. The molecule has 1 heterocycles. The maximum Gasteiger partial charge on any atom is 0.180 e. The number of hydrogen-bond acceptors (Lipinski definition) is 3. The smallest absolute Gasteiger partial charge is 0.180 e. The Balaban J connectivity index is 2.07. The van der Waals surface area contributed by atoms with E-state index < -0.39 is 0 Å². The number of hydrogen-bond donors (Lipinski definition) is 1. The van der Waals surface area contributed by atoms with Gasteiger partial charge in [0.2, 0.25) is 0 Å². The highest BCUT2D eigenvalue weighted by Crippen LogP contribution is 2.37. The van der Waals surface area contributed by atoms with E-state index in [1.54, 1.807) is 11.3 Å². The SMILES string of the molecule is C[C@@H](c1ccccc1)c1sc(N)nc1-c1ccccc1. The van der Waals surface area contributed by atoms with E-state index in [0.29, 0.717) is 11.0 Å². The van der Waals surface area contributed by atoms with Crippen LogP contribution >= 0.6 is 11.3 Å². The monoisotopic (exact) mass is 280 g/mol. The third-order valence-corrected chi connectivity index (χ3v) is 4.48. The molecule has 0 saturated heterocycles. The predicted molar refractivity (Wildman–Crippen MR) is 85.9 cm³/mol. The van der Waals surface area contributed by atoms with Crippen LogP contribution in [0, 0.1) is 0 Å². The van der Waals surface area contributed by atoms with Crippen LogP contribution < -0.4 is 5.73 Å². The topological polar surface area (TPSA) is 38.9 Å². The van der Waals surface area contributed by atoms with Crippen LogP contribution in [0.25, 0.3) is 11.3 Å². The fraction of sp³-hybridized carbons (Fsp3) is 0.118. The molecule has 0 amide bonds. The van der Waals surface area contributed by atoms with Crippen LogP contribution in [0.4, 0.5) is 5.13 Å². The van der Waals surface area contributed by atoms with Crippen LogP contribution in [0.3, 0.4) is 0 Å². The summed E-state index contributed by atoms with van der Waals surface area (Å²) in [6.45, 7) is 2.20. The third kappa shape index (κ3) is 2.45. The average molecular weight is 280 g/mol. The van der Waals surface area contributed by atoms with Gasteiger partial charge in [-0.05, 0) is 5.56 Å². The summed E-state index contributed by atoms with van der Waals surface area (Å²) < 4.78 is 0. The minimum Gasteiger partial charge on any atom is -0.375 e. The Kier molecular flexibility index (Phi) is 3.52. The summed E-state index contributed by atoms with van der Waals surface area (Å²) in [4.78, 5) is 5.75. The van der Waals surface area contributed by atoms with Gasteiger partial charge < -0.3 is 5.73 Å². The van der Waals surface area contributed by atoms with E-state index in [-0.39, 0.29) is 0 Å². The third-order valence-electron chi connectivity index (χ3n) is 3.41. The van der Waals surface area contributed by atoms with Gasteiger partial charge in [-0.25, -0.2) is 4.98 Å². The van der Waals surface area contributed by atoms with Gasteiger partial charge >= 0.3 is 0 Å². The van der Waals surface area contributed by atoms with Gasteiger partial charge in [-0.1, -0.05) is 67.6 Å². The maximum atomic E-state index is 5.94. The molecule has 0 radical (unpaired) electrons. The lowest BCUT2D eigenvalue weighted by molar-refractivity contribution is 0.945. The van der Waals surface area contributed by atoms with Crippen molar-refractivity contribution in [1.29, 1.82) is 0 Å². The number of nitrogens with zero attached hydrogens (tertiary/aromatic N) is 1. The van der Waals surface area contributed by atoms with Crippen molar-refractivity contribution in [3.8, 4) is 11.3 Å². The molecule has 2 aromatic carbocycles. The Morgan fingerprint density at radius 2 is 1.55 bits per heavy atom. The van der Waals surface area contributed by atoms with Crippen LogP contribution in [0.15, 0.2) is 60.7 Å². The predicted octanol–water partition coefficient (Wildman–Crippen LogP) is 4.54.